The van der Waals surface area contributed by atoms with Crippen LogP contribution in [0.15, 0.2) is 54.6 Å². The zero-order valence-electron chi connectivity index (χ0n) is 17.8. The Hall–Kier alpha value is -3.15. The van der Waals surface area contributed by atoms with Crippen molar-refractivity contribution in [2.24, 2.45) is 5.92 Å². The largest absolute Gasteiger partial charge is 0.342 e. The molecule has 6 nitrogen and oxygen atoms in total. The van der Waals surface area contributed by atoms with E-state index in [-0.39, 0.29) is 24.1 Å². The number of rotatable bonds is 6. The second kappa shape index (κ2) is 9.77. The molecule has 2 aromatic rings. The second-order valence-electron chi connectivity index (χ2n) is 8.36. The van der Waals surface area contributed by atoms with Crippen LogP contribution in [0, 0.1) is 5.92 Å². The van der Waals surface area contributed by atoms with Crippen LogP contribution in [0.25, 0.3) is 0 Å². The molecule has 31 heavy (non-hydrogen) atoms. The summed E-state index contributed by atoms with van der Waals surface area (Å²) in [6.45, 7) is 2.54. The van der Waals surface area contributed by atoms with Crippen molar-refractivity contribution in [2.45, 2.75) is 32.1 Å². The van der Waals surface area contributed by atoms with Crippen LogP contribution in [0.5, 0.6) is 0 Å². The summed E-state index contributed by atoms with van der Waals surface area (Å²) in [5.74, 6) is -0.632. The highest BCUT2D eigenvalue weighted by molar-refractivity contribution is 6.05. The summed E-state index contributed by atoms with van der Waals surface area (Å²) in [5, 5.41) is 2.92. The Balaban J connectivity index is 1.37. The third-order valence-corrected chi connectivity index (χ3v) is 6.16. The fourth-order valence-corrected chi connectivity index (χ4v) is 4.35. The first kappa shape index (κ1) is 21.1. The molecule has 0 bridgehead atoms. The number of hydrogen-bond acceptors (Lipinski definition) is 3. The molecule has 2 saturated heterocycles. The van der Waals surface area contributed by atoms with Gasteiger partial charge in [0.2, 0.25) is 11.8 Å². The van der Waals surface area contributed by atoms with Crippen molar-refractivity contribution >= 4 is 23.4 Å². The maximum absolute atomic E-state index is 13.0. The first-order valence-corrected chi connectivity index (χ1v) is 11.1. The third kappa shape index (κ3) is 5.13. The van der Waals surface area contributed by atoms with Crippen molar-refractivity contribution in [3.8, 4) is 0 Å². The van der Waals surface area contributed by atoms with Crippen molar-refractivity contribution in [3.05, 3.63) is 65.7 Å². The summed E-state index contributed by atoms with van der Waals surface area (Å²) in [6.07, 6.45) is 4.17. The number of nitrogens with one attached hydrogen (secondary N) is 1. The molecule has 2 aliphatic rings. The van der Waals surface area contributed by atoms with Crippen LogP contribution in [0.1, 0.15) is 41.6 Å². The monoisotopic (exact) mass is 419 g/mol. The minimum absolute atomic E-state index is 0.00811. The van der Waals surface area contributed by atoms with Gasteiger partial charge in [-0.15, -0.1) is 0 Å². The van der Waals surface area contributed by atoms with Crippen molar-refractivity contribution in [1.82, 2.24) is 9.80 Å². The van der Waals surface area contributed by atoms with Gasteiger partial charge in [0.05, 0.1) is 17.2 Å². The van der Waals surface area contributed by atoms with Crippen molar-refractivity contribution < 1.29 is 14.4 Å². The van der Waals surface area contributed by atoms with Gasteiger partial charge in [0.1, 0.15) is 0 Å². The molecule has 0 aliphatic carbocycles. The van der Waals surface area contributed by atoms with Crippen molar-refractivity contribution in [3.63, 3.8) is 0 Å². The maximum Gasteiger partial charge on any atom is 0.255 e. The van der Waals surface area contributed by atoms with E-state index in [2.05, 4.69) is 5.32 Å². The van der Waals surface area contributed by atoms with Crippen LogP contribution in [0.3, 0.4) is 0 Å². The number of nitrogens with zero attached hydrogens (tertiary/aromatic N) is 2. The highest BCUT2D eigenvalue weighted by Crippen LogP contribution is 2.24. The molecule has 0 saturated carbocycles. The predicted molar refractivity (Wildman–Crippen MR) is 120 cm³/mol. The topological polar surface area (TPSA) is 69.7 Å². The fourth-order valence-electron chi connectivity index (χ4n) is 4.35. The molecule has 1 unspecified atom stereocenters. The minimum Gasteiger partial charge on any atom is -0.342 e. The van der Waals surface area contributed by atoms with Gasteiger partial charge in [0.25, 0.3) is 5.91 Å². The quantitative estimate of drug-likeness (QED) is 0.781. The van der Waals surface area contributed by atoms with Crippen LogP contribution < -0.4 is 5.32 Å². The van der Waals surface area contributed by atoms with E-state index < -0.39 is 5.92 Å². The summed E-state index contributed by atoms with van der Waals surface area (Å²) in [7, 11) is 0. The van der Waals surface area contributed by atoms with E-state index in [1.165, 1.54) is 5.56 Å². The molecule has 3 amide bonds. The number of hydrogen-bond donors (Lipinski definition) is 1. The van der Waals surface area contributed by atoms with Gasteiger partial charge in [0.15, 0.2) is 0 Å². The summed E-state index contributed by atoms with van der Waals surface area (Å²) >= 11 is 0. The third-order valence-electron chi connectivity index (χ3n) is 6.16. The zero-order valence-corrected chi connectivity index (χ0v) is 17.8. The summed E-state index contributed by atoms with van der Waals surface area (Å²) < 4.78 is 0. The number of carbonyl (C=O) groups excluding carboxylic acids is 3. The van der Waals surface area contributed by atoms with E-state index in [4.69, 9.17) is 0 Å². The lowest BCUT2D eigenvalue weighted by molar-refractivity contribution is -0.128. The van der Waals surface area contributed by atoms with E-state index >= 15 is 0 Å². The molecule has 1 atom stereocenters. The van der Waals surface area contributed by atoms with Crippen LogP contribution in [0.4, 0.5) is 5.69 Å². The number of carbonyl (C=O) groups is 3. The van der Waals surface area contributed by atoms with E-state index in [0.29, 0.717) is 24.3 Å². The molecular formula is C25H29N3O3. The highest BCUT2D eigenvalue weighted by atomic mass is 16.2. The van der Waals surface area contributed by atoms with Gasteiger partial charge in [-0.2, -0.15) is 0 Å². The summed E-state index contributed by atoms with van der Waals surface area (Å²) in [6, 6.07) is 17.2. The number of para-hydroxylation sites is 1. The van der Waals surface area contributed by atoms with Gasteiger partial charge in [-0.05, 0) is 43.4 Å². The Morgan fingerprint density at radius 3 is 2.42 bits per heavy atom. The molecule has 4 rings (SSSR count). The first-order valence-electron chi connectivity index (χ1n) is 11.1. The van der Waals surface area contributed by atoms with E-state index in [1.54, 1.807) is 17.0 Å². The Bertz CT molecular complexity index is 938. The van der Waals surface area contributed by atoms with Gasteiger partial charge in [-0.3, -0.25) is 14.4 Å². The predicted octanol–water partition coefficient (Wildman–Crippen LogP) is 3.34. The number of anilines is 1. The average molecular weight is 420 g/mol. The fraction of sp³-hybridized carbons (Fsp3) is 0.400. The first-order chi connectivity index (χ1) is 15.1. The molecule has 0 spiro atoms. The standard InChI is InChI=1S/C25H29N3O3/c29-23-17-20(18-28(23)16-13-19-9-3-1-4-10-19)24(30)26-22-12-6-5-11-21(22)25(31)27-14-7-2-8-15-27/h1,3-6,9-12,20H,2,7-8,13-18H2,(H,26,30). The van der Waals surface area contributed by atoms with Gasteiger partial charge in [-0.1, -0.05) is 42.5 Å². The molecular weight excluding hydrogens is 390 g/mol. The molecule has 2 heterocycles. The van der Waals surface area contributed by atoms with E-state index in [1.807, 2.05) is 47.4 Å². The van der Waals surface area contributed by atoms with E-state index in [0.717, 1.165) is 38.8 Å². The SMILES string of the molecule is O=C(Nc1ccccc1C(=O)N1CCCCC1)C1CC(=O)N(CCc2ccccc2)C1. The molecule has 0 radical (unpaired) electrons. The maximum atomic E-state index is 13.0. The van der Waals surface area contributed by atoms with Gasteiger partial charge in [0, 0.05) is 32.6 Å². The molecule has 2 aromatic carbocycles. The van der Waals surface area contributed by atoms with Crippen LogP contribution >= 0.6 is 0 Å². The second-order valence-corrected chi connectivity index (χ2v) is 8.36. The number of piperidine rings is 1. The molecule has 6 heteroatoms. The number of likely N-dealkylation sites (tertiary alicyclic amines) is 2. The average Bonchev–Trinajstić information content (AvgIpc) is 3.19. The Kier molecular flexibility index (Phi) is 6.65. The highest BCUT2D eigenvalue weighted by Gasteiger charge is 2.34. The number of amides is 3. The molecule has 2 aliphatic heterocycles. The van der Waals surface area contributed by atoms with Gasteiger partial charge >= 0.3 is 0 Å². The van der Waals surface area contributed by atoms with Crippen LogP contribution in [-0.2, 0) is 16.0 Å². The zero-order chi connectivity index (χ0) is 21.6. The number of benzene rings is 2. The molecule has 1 N–H and O–H groups in total. The molecule has 2 fully saturated rings. The normalized spacial score (nSPS) is 18.8. The Morgan fingerprint density at radius 2 is 1.65 bits per heavy atom. The Labute approximate surface area is 183 Å². The van der Waals surface area contributed by atoms with Crippen LogP contribution in [-0.4, -0.2) is 53.7 Å². The van der Waals surface area contributed by atoms with Gasteiger partial charge < -0.3 is 15.1 Å². The smallest absolute Gasteiger partial charge is 0.255 e. The van der Waals surface area contributed by atoms with Gasteiger partial charge in [-0.25, -0.2) is 0 Å². The lowest BCUT2D eigenvalue weighted by atomic mass is 10.1. The van der Waals surface area contributed by atoms with Crippen molar-refractivity contribution in [1.29, 1.82) is 0 Å². The molecule has 162 valence electrons. The Morgan fingerprint density at radius 1 is 0.935 bits per heavy atom. The van der Waals surface area contributed by atoms with Crippen molar-refractivity contribution in [2.75, 3.05) is 31.5 Å². The van der Waals surface area contributed by atoms with Crippen LogP contribution in [0.2, 0.25) is 0 Å². The lowest BCUT2D eigenvalue weighted by Gasteiger charge is -2.27. The molecule has 0 aromatic heterocycles. The summed E-state index contributed by atoms with van der Waals surface area (Å²) in [4.78, 5) is 41.9. The summed E-state index contributed by atoms with van der Waals surface area (Å²) in [5.41, 5.74) is 2.22. The lowest BCUT2D eigenvalue weighted by Crippen LogP contribution is -2.36. The minimum atomic E-state index is -0.401. The van der Waals surface area contributed by atoms with E-state index in [9.17, 15) is 14.4 Å².